The first-order valence-electron chi connectivity index (χ1n) is 4.55. The van der Waals surface area contributed by atoms with E-state index in [0.717, 1.165) is 19.7 Å². The second-order valence-electron chi connectivity index (χ2n) is 2.78. The highest BCUT2D eigenvalue weighted by atomic mass is 79.9. The quantitative estimate of drug-likeness (QED) is 0.745. The van der Waals surface area contributed by atoms with Crippen molar-refractivity contribution < 1.29 is 4.74 Å². The molecule has 0 saturated carbocycles. The first-order chi connectivity index (χ1) is 6.83. The van der Waals surface area contributed by atoms with Gasteiger partial charge in [0.25, 0.3) is 0 Å². The van der Waals surface area contributed by atoms with Gasteiger partial charge in [-0.3, -0.25) is 0 Å². The SMILES string of the molecule is NCCOCCNCc1ccc(Br)s1. The zero-order chi connectivity index (χ0) is 10.2. The summed E-state index contributed by atoms with van der Waals surface area (Å²) in [5, 5.41) is 3.30. The van der Waals surface area contributed by atoms with Gasteiger partial charge >= 0.3 is 0 Å². The van der Waals surface area contributed by atoms with Crippen LogP contribution in [0.3, 0.4) is 0 Å². The van der Waals surface area contributed by atoms with Crippen molar-refractivity contribution in [2.24, 2.45) is 5.73 Å². The van der Waals surface area contributed by atoms with Crippen molar-refractivity contribution in [1.82, 2.24) is 5.32 Å². The lowest BCUT2D eigenvalue weighted by Gasteiger charge is -2.03. The lowest BCUT2D eigenvalue weighted by Crippen LogP contribution is -2.20. The Hall–Kier alpha value is 0.0600. The predicted octanol–water partition coefficient (Wildman–Crippen LogP) is 1.58. The summed E-state index contributed by atoms with van der Waals surface area (Å²) in [6.45, 7) is 3.74. The first-order valence-corrected chi connectivity index (χ1v) is 6.16. The number of hydrogen-bond donors (Lipinski definition) is 2. The molecular weight excluding hydrogens is 264 g/mol. The molecule has 0 fully saturated rings. The Balaban J connectivity index is 1.99. The summed E-state index contributed by atoms with van der Waals surface area (Å²) < 4.78 is 6.41. The highest BCUT2D eigenvalue weighted by molar-refractivity contribution is 9.11. The van der Waals surface area contributed by atoms with Gasteiger partial charge in [-0.05, 0) is 28.1 Å². The molecule has 80 valence electrons. The highest BCUT2D eigenvalue weighted by Gasteiger charge is 1.96. The Morgan fingerprint density at radius 3 is 2.93 bits per heavy atom. The maximum Gasteiger partial charge on any atom is 0.0701 e. The lowest BCUT2D eigenvalue weighted by molar-refractivity contribution is 0.143. The van der Waals surface area contributed by atoms with Gasteiger partial charge in [0.2, 0.25) is 0 Å². The van der Waals surface area contributed by atoms with Crippen molar-refractivity contribution in [2.45, 2.75) is 6.54 Å². The molecule has 5 heteroatoms. The molecule has 0 radical (unpaired) electrons. The molecule has 0 saturated heterocycles. The number of hydrogen-bond acceptors (Lipinski definition) is 4. The smallest absolute Gasteiger partial charge is 0.0701 e. The van der Waals surface area contributed by atoms with Crippen LogP contribution in [0.4, 0.5) is 0 Å². The normalized spacial score (nSPS) is 10.7. The number of nitrogens with two attached hydrogens (primary N) is 1. The monoisotopic (exact) mass is 278 g/mol. The molecule has 1 heterocycles. The van der Waals surface area contributed by atoms with Crippen molar-refractivity contribution >= 4 is 27.3 Å². The molecule has 3 N–H and O–H groups in total. The third kappa shape index (κ3) is 5.07. The Kier molecular flexibility index (Phi) is 6.38. The van der Waals surface area contributed by atoms with Gasteiger partial charge in [0.15, 0.2) is 0 Å². The number of thiophene rings is 1. The van der Waals surface area contributed by atoms with Crippen molar-refractivity contribution in [2.75, 3.05) is 26.3 Å². The van der Waals surface area contributed by atoms with Crippen LogP contribution in [-0.4, -0.2) is 26.3 Å². The minimum absolute atomic E-state index is 0.595. The molecule has 1 rings (SSSR count). The van der Waals surface area contributed by atoms with E-state index in [0.29, 0.717) is 13.2 Å². The van der Waals surface area contributed by atoms with Gasteiger partial charge in [0.1, 0.15) is 0 Å². The Labute approximate surface area is 96.8 Å². The van der Waals surface area contributed by atoms with Gasteiger partial charge in [0, 0.05) is 24.5 Å². The van der Waals surface area contributed by atoms with E-state index >= 15 is 0 Å². The van der Waals surface area contributed by atoms with Gasteiger partial charge in [-0.2, -0.15) is 0 Å². The fourth-order valence-corrected chi connectivity index (χ4v) is 2.44. The maximum atomic E-state index is 5.29. The van der Waals surface area contributed by atoms with E-state index in [9.17, 15) is 0 Å². The van der Waals surface area contributed by atoms with Crippen LogP contribution >= 0.6 is 27.3 Å². The molecule has 1 aromatic heterocycles. The van der Waals surface area contributed by atoms with E-state index in [2.05, 4.69) is 33.4 Å². The van der Waals surface area contributed by atoms with E-state index in [1.54, 1.807) is 11.3 Å². The Morgan fingerprint density at radius 1 is 1.43 bits per heavy atom. The van der Waals surface area contributed by atoms with Gasteiger partial charge < -0.3 is 15.8 Å². The maximum absolute atomic E-state index is 5.29. The van der Waals surface area contributed by atoms with Crippen LogP contribution in [-0.2, 0) is 11.3 Å². The first kappa shape index (κ1) is 12.1. The molecule has 14 heavy (non-hydrogen) atoms. The molecule has 0 spiro atoms. The van der Waals surface area contributed by atoms with Gasteiger partial charge in [-0.15, -0.1) is 11.3 Å². The summed E-state index contributed by atoms with van der Waals surface area (Å²) in [6, 6.07) is 4.18. The van der Waals surface area contributed by atoms with Crippen LogP contribution in [0.1, 0.15) is 4.88 Å². The molecule has 0 aliphatic carbocycles. The third-order valence-corrected chi connectivity index (χ3v) is 3.24. The van der Waals surface area contributed by atoms with Gasteiger partial charge in [-0.25, -0.2) is 0 Å². The van der Waals surface area contributed by atoms with E-state index in [1.807, 2.05) is 0 Å². The van der Waals surface area contributed by atoms with Crippen LogP contribution < -0.4 is 11.1 Å². The summed E-state index contributed by atoms with van der Waals surface area (Å²) in [4.78, 5) is 1.33. The van der Waals surface area contributed by atoms with Gasteiger partial charge in [-0.1, -0.05) is 0 Å². The molecule has 0 atom stereocenters. The molecule has 0 aromatic carbocycles. The molecule has 0 aliphatic rings. The van der Waals surface area contributed by atoms with E-state index in [-0.39, 0.29) is 0 Å². The molecule has 0 bridgehead atoms. The molecule has 0 aliphatic heterocycles. The number of nitrogens with one attached hydrogen (secondary N) is 1. The van der Waals surface area contributed by atoms with Crippen molar-refractivity contribution in [1.29, 1.82) is 0 Å². The second-order valence-corrected chi connectivity index (χ2v) is 5.33. The predicted molar refractivity (Wildman–Crippen MR) is 63.6 cm³/mol. The third-order valence-electron chi connectivity index (χ3n) is 1.61. The summed E-state index contributed by atoms with van der Waals surface area (Å²) >= 11 is 5.18. The van der Waals surface area contributed by atoms with Crippen molar-refractivity contribution in [3.63, 3.8) is 0 Å². The van der Waals surface area contributed by atoms with E-state index in [4.69, 9.17) is 10.5 Å². The van der Waals surface area contributed by atoms with E-state index < -0.39 is 0 Å². The topological polar surface area (TPSA) is 47.3 Å². The summed E-state index contributed by atoms with van der Waals surface area (Å²) in [7, 11) is 0. The van der Waals surface area contributed by atoms with Crippen LogP contribution in [0.2, 0.25) is 0 Å². The minimum atomic E-state index is 0.595. The van der Waals surface area contributed by atoms with Crippen LogP contribution in [0.5, 0.6) is 0 Å². The van der Waals surface area contributed by atoms with Gasteiger partial charge in [0.05, 0.1) is 17.0 Å². The number of halogens is 1. The fourth-order valence-electron chi connectivity index (χ4n) is 0.988. The molecule has 0 amide bonds. The minimum Gasteiger partial charge on any atom is -0.379 e. The highest BCUT2D eigenvalue weighted by Crippen LogP contribution is 2.21. The van der Waals surface area contributed by atoms with E-state index in [1.165, 1.54) is 8.66 Å². The second kappa shape index (κ2) is 7.36. The Bertz CT molecular complexity index is 255. The summed E-state index contributed by atoms with van der Waals surface area (Å²) in [5.74, 6) is 0. The van der Waals surface area contributed by atoms with Crippen LogP contribution in [0, 0.1) is 0 Å². The number of rotatable bonds is 7. The summed E-state index contributed by atoms with van der Waals surface area (Å²) in [6.07, 6.45) is 0. The standard InChI is InChI=1S/C9H15BrN2OS/c10-9-2-1-8(14-9)7-12-4-6-13-5-3-11/h1-2,12H,3-7,11H2. The van der Waals surface area contributed by atoms with Crippen molar-refractivity contribution in [3.05, 3.63) is 20.8 Å². The molecule has 0 unspecified atom stereocenters. The fraction of sp³-hybridized carbons (Fsp3) is 0.556. The zero-order valence-corrected chi connectivity index (χ0v) is 10.4. The van der Waals surface area contributed by atoms with Crippen LogP contribution in [0.25, 0.3) is 0 Å². The lowest BCUT2D eigenvalue weighted by atomic mass is 10.4. The molecule has 1 aromatic rings. The van der Waals surface area contributed by atoms with Crippen LogP contribution in [0.15, 0.2) is 15.9 Å². The largest absolute Gasteiger partial charge is 0.379 e. The average Bonchev–Trinajstić information content (AvgIpc) is 2.58. The van der Waals surface area contributed by atoms with Crippen molar-refractivity contribution in [3.8, 4) is 0 Å². The number of ether oxygens (including phenoxy) is 1. The molecule has 3 nitrogen and oxygen atoms in total. The molecular formula is C9H15BrN2OS. The Morgan fingerprint density at radius 2 is 2.29 bits per heavy atom. The average molecular weight is 279 g/mol. The zero-order valence-electron chi connectivity index (χ0n) is 7.96. The summed E-state index contributed by atoms with van der Waals surface area (Å²) in [5.41, 5.74) is 5.29.